The second-order valence-corrected chi connectivity index (χ2v) is 7.32. The Morgan fingerprint density at radius 1 is 1.23 bits per heavy atom. The first kappa shape index (κ1) is 21.0. The summed E-state index contributed by atoms with van der Waals surface area (Å²) >= 11 is 6.54. The highest BCUT2D eigenvalue weighted by molar-refractivity contribution is 6.33. The van der Waals surface area contributed by atoms with E-state index < -0.39 is 0 Å². The van der Waals surface area contributed by atoms with Crippen LogP contribution >= 0.6 is 11.6 Å². The zero-order valence-electron chi connectivity index (χ0n) is 17.1. The number of hydrogen-bond donors (Lipinski definition) is 2. The molecule has 0 saturated carbocycles. The van der Waals surface area contributed by atoms with E-state index in [4.69, 9.17) is 21.2 Å². The summed E-state index contributed by atoms with van der Waals surface area (Å²) in [6.07, 6.45) is 2.25. The molecule has 4 rings (SSSR count). The van der Waals surface area contributed by atoms with Crippen LogP contribution in [0, 0.1) is 6.92 Å². The van der Waals surface area contributed by atoms with Gasteiger partial charge in [0.2, 0.25) is 17.7 Å². The molecule has 1 aromatic carbocycles. The van der Waals surface area contributed by atoms with Crippen LogP contribution < -0.4 is 10.9 Å². The van der Waals surface area contributed by atoms with Gasteiger partial charge in [0.05, 0.1) is 0 Å². The van der Waals surface area contributed by atoms with Gasteiger partial charge in [-0.15, -0.1) is 0 Å². The SMILES string of the molecule is CCn1c(=O)c(-c2ccc(-c3noc(C)n3)cc2Cl)cc2cnc(NCCCO)nc21. The third-order valence-corrected chi connectivity index (χ3v) is 5.12. The number of nitrogens with zero attached hydrogens (tertiary/aromatic N) is 5. The van der Waals surface area contributed by atoms with E-state index >= 15 is 0 Å². The molecule has 0 aliphatic heterocycles. The molecule has 2 N–H and O–H groups in total. The molecule has 0 bridgehead atoms. The lowest BCUT2D eigenvalue weighted by Gasteiger charge is -2.13. The highest BCUT2D eigenvalue weighted by Crippen LogP contribution is 2.31. The zero-order chi connectivity index (χ0) is 22.0. The quantitative estimate of drug-likeness (QED) is 0.420. The van der Waals surface area contributed by atoms with Crippen LogP contribution in [-0.4, -0.2) is 42.9 Å². The number of halogens is 1. The van der Waals surface area contributed by atoms with Gasteiger partial charge in [0.15, 0.2) is 0 Å². The van der Waals surface area contributed by atoms with Gasteiger partial charge in [-0.2, -0.15) is 9.97 Å². The Morgan fingerprint density at radius 2 is 2.06 bits per heavy atom. The second kappa shape index (κ2) is 8.83. The molecule has 0 unspecified atom stereocenters. The van der Waals surface area contributed by atoms with Crippen molar-refractivity contribution >= 4 is 28.6 Å². The van der Waals surface area contributed by atoms with Crippen molar-refractivity contribution in [2.45, 2.75) is 26.8 Å². The van der Waals surface area contributed by atoms with Crippen molar-refractivity contribution in [2.75, 3.05) is 18.5 Å². The van der Waals surface area contributed by atoms with Crippen molar-refractivity contribution in [3.63, 3.8) is 0 Å². The number of aromatic nitrogens is 5. The average Bonchev–Trinajstić information content (AvgIpc) is 3.20. The van der Waals surface area contributed by atoms with Crippen LogP contribution in [0.3, 0.4) is 0 Å². The summed E-state index contributed by atoms with van der Waals surface area (Å²) in [7, 11) is 0. The Kier molecular flexibility index (Phi) is 5.97. The number of aryl methyl sites for hydroxylation is 2. The van der Waals surface area contributed by atoms with E-state index in [0.717, 1.165) is 5.39 Å². The van der Waals surface area contributed by atoms with E-state index in [1.165, 1.54) is 0 Å². The molecule has 3 aromatic heterocycles. The summed E-state index contributed by atoms with van der Waals surface area (Å²) in [6, 6.07) is 7.04. The van der Waals surface area contributed by atoms with E-state index in [9.17, 15) is 4.79 Å². The molecule has 10 heteroatoms. The van der Waals surface area contributed by atoms with Crippen molar-refractivity contribution in [3.05, 3.63) is 51.7 Å². The number of aliphatic hydroxyl groups excluding tert-OH is 1. The Balaban J connectivity index is 1.78. The molecule has 0 spiro atoms. The van der Waals surface area contributed by atoms with Crippen molar-refractivity contribution < 1.29 is 9.63 Å². The minimum absolute atomic E-state index is 0.0789. The van der Waals surface area contributed by atoms with Gasteiger partial charge in [0.25, 0.3) is 5.56 Å². The molecular weight excluding hydrogens is 420 g/mol. The second-order valence-electron chi connectivity index (χ2n) is 6.92. The largest absolute Gasteiger partial charge is 0.396 e. The highest BCUT2D eigenvalue weighted by Gasteiger charge is 2.16. The van der Waals surface area contributed by atoms with Gasteiger partial charge in [-0.1, -0.05) is 28.9 Å². The zero-order valence-corrected chi connectivity index (χ0v) is 17.8. The molecule has 160 valence electrons. The first-order valence-corrected chi connectivity index (χ1v) is 10.3. The standard InChI is InChI=1S/C21H21ClN6O3/c1-3-28-19-14(11-24-21(26-19)23-7-4-8-29)9-16(20(28)30)15-6-5-13(10-17(15)22)18-25-12(2)31-27-18/h5-6,9-11,29H,3-4,7-8H2,1-2H3,(H,23,24,26). The third-order valence-electron chi connectivity index (χ3n) is 4.81. The molecular formula is C21H21ClN6O3. The minimum atomic E-state index is -0.194. The summed E-state index contributed by atoms with van der Waals surface area (Å²) in [5.41, 5.74) is 2.10. The molecule has 0 fully saturated rings. The van der Waals surface area contributed by atoms with E-state index in [1.807, 2.05) is 6.92 Å². The molecule has 0 aliphatic carbocycles. The Labute approximate surface area is 182 Å². The maximum atomic E-state index is 13.2. The number of rotatable bonds is 7. The van der Waals surface area contributed by atoms with Crippen LogP contribution in [0.25, 0.3) is 33.5 Å². The van der Waals surface area contributed by atoms with Gasteiger partial charge in [-0.25, -0.2) is 4.98 Å². The number of pyridine rings is 1. The third kappa shape index (κ3) is 4.14. The van der Waals surface area contributed by atoms with Gasteiger partial charge >= 0.3 is 0 Å². The Morgan fingerprint density at radius 3 is 2.74 bits per heavy atom. The molecule has 31 heavy (non-hydrogen) atoms. The normalized spacial score (nSPS) is 11.2. The summed E-state index contributed by atoms with van der Waals surface area (Å²) in [5.74, 6) is 1.30. The van der Waals surface area contributed by atoms with Crippen molar-refractivity contribution in [1.82, 2.24) is 24.7 Å². The highest BCUT2D eigenvalue weighted by atomic mass is 35.5. The number of anilines is 1. The smallest absolute Gasteiger partial charge is 0.260 e. The molecule has 0 amide bonds. The molecule has 0 saturated heterocycles. The Hall–Kier alpha value is -3.30. The topological polar surface area (TPSA) is 119 Å². The molecule has 0 aliphatic rings. The number of fused-ring (bicyclic) bond motifs is 1. The van der Waals surface area contributed by atoms with Gasteiger partial charge in [-0.3, -0.25) is 9.36 Å². The van der Waals surface area contributed by atoms with Gasteiger partial charge in [0, 0.05) is 59.9 Å². The van der Waals surface area contributed by atoms with Crippen LogP contribution in [0.4, 0.5) is 5.95 Å². The van der Waals surface area contributed by atoms with Crippen LogP contribution in [-0.2, 0) is 6.54 Å². The lowest BCUT2D eigenvalue weighted by Crippen LogP contribution is -2.22. The summed E-state index contributed by atoms with van der Waals surface area (Å²) in [4.78, 5) is 26.3. The van der Waals surface area contributed by atoms with Crippen LogP contribution in [0.1, 0.15) is 19.2 Å². The minimum Gasteiger partial charge on any atom is -0.396 e. The van der Waals surface area contributed by atoms with E-state index in [1.54, 1.807) is 42.0 Å². The van der Waals surface area contributed by atoms with Crippen LogP contribution in [0.2, 0.25) is 5.02 Å². The average molecular weight is 441 g/mol. The van der Waals surface area contributed by atoms with Crippen LogP contribution in [0.5, 0.6) is 0 Å². The first-order valence-electron chi connectivity index (χ1n) is 9.87. The fourth-order valence-corrected chi connectivity index (χ4v) is 3.58. The van der Waals surface area contributed by atoms with Crippen molar-refractivity contribution in [1.29, 1.82) is 0 Å². The monoisotopic (exact) mass is 440 g/mol. The maximum absolute atomic E-state index is 13.2. The Bertz CT molecular complexity index is 1300. The first-order chi connectivity index (χ1) is 15.0. The summed E-state index contributed by atoms with van der Waals surface area (Å²) < 4.78 is 6.62. The van der Waals surface area contributed by atoms with Gasteiger partial charge in [0.1, 0.15) is 5.65 Å². The predicted molar refractivity (Wildman–Crippen MR) is 118 cm³/mol. The molecule has 4 aromatic rings. The lowest BCUT2D eigenvalue weighted by molar-refractivity contribution is 0.292. The van der Waals surface area contributed by atoms with Crippen LogP contribution in [0.15, 0.2) is 39.8 Å². The molecule has 3 heterocycles. The number of hydrogen-bond acceptors (Lipinski definition) is 8. The van der Waals surface area contributed by atoms with E-state index in [0.29, 0.717) is 64.5 Å². The molecule has 0 atom stereocenters. The van der Waals surface area contributed by atoms with Gasteiger partial charge < -0.3 is 14.9 Å². The summed E-state index contributed by atoms with van der Waals surface area (Å²) in [5, 5.41) is 17.0. The fraction of sp³-hybridized carbons (Fsp3) is 0.286. The fourth-order valence-electron chi connectivity index (χ4n) is 3.30. The summed E-state index contributed by atoms with van der Waals surface area (Å²) in [6.45, 7) is 4.65. The van der Waals surface area contributed by atoms with Gasteiger partial charge in [-0.05, 0) is 25.5 Å². The van der Waals surface area contributed by atoms with Crippen molar-refractivity contribution in [3.8, 4) is 22.5 Å². The lowest BCUT2D eigenvalue weighted by atomic mass is 10.0. The van der Waals surface area contributed by atoms with E-state index in [-0.39, 0.29) is 12.2 Å². The molecule has 0 radical (unpaired) electrons. The van der Waals surface area contributed by atoms with Crippen molar-refractivity contribution in [2.24, 2.45) is 0 Å². The number of benzene rings is 1. The number of nitrogens with one attached hydrogen (secondary N) is 1. The molecule has 9 nitrogen and oxygen atoms in total. The van der Waals surface area contributed by atoms with E-state index in [2.05, 4.69) is 25.4 Å². The predicted octanol–water partition coefficient (Wildman–Crippen LogP) is 3.28. The number of aliphatic hydroxyl groups is 1. The maximum Gasteiger partial charge on any atom is 0.260 e.